The minimum Gasteiger partial charge on any atom is -0.497 e. The molecule has 12 heteroatoms. The first-order chi connectivity index (χ1) is 21.9. The van der Waals surface area contributed by atoms with Gasteiger partial charge in [0.2, 0.25) is 0 Å². The van der Waals surface area contributed by atoms with Crippen LogP contribution in [0.5, 0.6) is 17.2 Å². The molecule has 3 amide bonds. The van der Waals surface area contributed by atoms with Gasteiger partial charge in [0.05, 0.1) is 32.9 Å². The number of aromatic nitrogens is 1. The number of rotatable bonds is 11. The Morgan fingerprint density at radius 1 is 0.911 bits per heavy atom. The SMILES string of the molecule is COc1ccc(CNC(=O)c2nc(C3CCCN3C(=O)OCc3ccccc3)sc2NC(=O)c2ccccc2OC)c(OC)c1. The molecule has 1 aliphatic heterocycles. The Morgan fingerprint density at radius 3 is 2.42 bits per heavy atom. The second-order valence-corrected chi connectivity index (χ2v) is 11.2. The normalized spacial score (nSPS) is 14.0. The first kappa shape index (κ1) is 31.3. The summed E-state index contributed by atoms with van der Waals surface area (Å²) in [5, 5.41) is 6.51. The predicted molar refractivity (Wildman–Crippen MR) is 169 cm³/mol. The number of para-hydroxylation sites is 1. The third kappa shape index (κ3) is 7.35. The standard InChI is InChI=1S/C33H34N4O7S/c1-41-23-16-15-22(27(18-23)43-3)19-34-30(39)28-32(36-29(38)24-12-7-8-14-26(24)42-2)45-31(35-28)25-13-9-17-37(25)33(40)44-20-21-10-5-4-6-11-21/h4-8,10-12,14-16,18,25H,9,13,17,19-20H2,1-3H3,(H,34,39)(H,36,38). The van der Waals surface area contributed by atoms with Gasteiger partial charge in [0.25, 0.3) is 11.8 Å². The third-order valence-corrected chi connectivity index (χ3v) is 8.42. The highest BCUT2D eigenvalue weighted by Gasteiger charge is 2.35. The summed E-state index contributed by atoms with van der Waals surface area (Å²) in [6.45, 7) is 0.767. The summed E-state index contributed by atoms with van der Waals surface area (Å²) in [6.07, 6.45) is 0.915. The van der Waals surface area contributed by atoms with E-state index >= 15 is 0 Å². The Bertz CT molecular complexity index is 1660. The van der Waals surface area contributed by atoms with Gasteiger partial charge in [-0.15, -0.1) is 0 Å². The van der Waals surface area contributed by atoms with E-state index in [1.165, 1.54) is 14.2 Å². The van der Waals surface area contributed by atoms with Crippen molar-refractivity contribution >= 4 is 34.2 Å². The number of hydrogen-bond acceptors (Lipinski definition) is 9. The molecule has 45 heavy (non-hydrogen) atoms. The van der Waals surface area contributed by atoms with Crippen LogP contribution in [0.2, 0.25) is 0 Å². The van der Waals surface area contributed by atoms with Crippen LogP contribution >= 0.6 is 11.3 Å². The highest BCUT2D eigenvalue weighted by molar-refractivity contribution is 7.16. The molecule has 5 rings (SSSR count). The maximum absolute atomic E-state index is 13.6. The molecule has 1 fully saturated rings. The lowest BCUT2D eigenvalue weighted by atomic mass is 10.2. The molecule has 0 radical (unpaired) electrons. The summed E-state index contributed by atoms with van der Waals surface area (Å²) in [7, 11) is 4.58. The average Bonchev–Trinajstić information content (AvgIpc) is 3.74. The highest BCUT2D eigenvalue weighted by Crippen LogP contribution is 2.38. The van der Waals surface area contributed by atoms with E-state index in [0.29, 0.717) is 40.8 Å². The highest BCUT2D eigenvalue weighted by atomic mass is 32.1. The van der Waals surface area contributed by atoms with E-state index in [4.69, 9.17) is 18.9 Å². The van der Waals surface area contributed by atoms with Gasteiger partial charge in [-0.1, -0.05) is 53.8 Å². The first-order valence-corrected chi connectivity index (χ1v) is 15.1. The molecule has 1 atom stereocenters. The van der Waals surface area contributed by atoms with Crippen molar-refractivity contribution in [1.82, 2.24) is 15.2 Å². The molecule has 2 N–H and O–H groups in total. The fraction of sp³-hybridized carbons (Fsp3) is 0.273. The molecule has 1 unspecified atom stereocenters. The van der Waals surface area contributed by atoms with E-state index in [9.17, 15) is 14.4 Å². The van der Waals surface area contributed by atoms with Crippen molar-refractivity contribution in [1.29, 1.82) is 0 Å². The van der Waals surface area contributed by atoms with Crippen molar-refractivity contribution in [3.63, 3.8) is 0 Å². The zero-order chi connectivity index (χ0) is 31.8. The maximum Gasteiger partial charge on any atom is 0.410 e. The van der Waals surface area contributed by atoms with Crippen molar-refractivity contribution in [2.45, 2.75) is 32.0 Å². The van der Waals surface area contributed by atoms with E-state index in [0.717, 1.165) is 28.9 Å². The predicted octanol–water partition coefficient (Wildman–Crippen LogP) is 5.82. The minimum atomic E-state index is -0.498. The zero-order valence-electron chi connectivity index (χ0n) is 25.2. The molecule has 1 aliphatic rings. The fourth-order valence-electron chi connectivity index (χ4n) is 5.02. The summed E-state index contributed by atoms with van der Waals surface area (Å²) in [5.41, 5.74) is 1.95. The van der Waals surface area contributed by atoms with Gasteiger partial charge in [-0.3, -0.25) is 14.5 Å². The number of amides is 3. The monoisotopic (exact) mass is 630 g/mol. The number of nitrogens with one attached hydrogen (secondary N) is 2. The molecule has 4 aromatic rings. The van der Waals surface area contributed by atoms with Crippen LogP contribution in [0.15, 0.2) is 72.8 Å². The van der Waals surface area contributed by atoms with Crippen LogP contribution in [-0.4, -0.2) is 55.7 Å². The van der Waals surface area contributed by atoms with Crippen LogP contribution in [0, 0.1) is 0 Å². The third-order valence-electron chi connectivity index (χ3n) is 7.35. The summed E-state index contributed by atoms with van der Waals surface area (Å²) in [4.78, 5) is 46.4. The van der Waals surface area contributed by atoms with Gasteiger partial charge in [-0.25, -0.2) is 9.78 Å². The minimum absolute atomic E-state index is 0.0372. The summed E-state index contributed by atoms with van der Waals surface area (Å²) >= 11 is 1.16. The average molecular weight is 631 g/mol. The Balaban J connectivity index is 1.39. The smallest absolute Gasteiger partial charge is 0.410 e. The fourth-order valence-corrected chi connectivity index (χ4v) is 6.13. The number of nitrogens with zero attached hydrogens (tertiary/aromatic N) is 2. The summed E-state index contributed by atoms with van der Waals surface area (Å²) in [5.74, 6) is 0.603. The first-order valence-electron chi connectivity index (χ1n) is 14.3. The lowest BCUT2D eigenvalue weighted by Crippen LogP contribution is -2.31. The number of benzene rings is 3. The molecule has 0 bridgehead atoms. The molecule has 1 aromatic heterocycles. The molecule has 234 valence electrons. The van der Waals surface area contributed by atoms with Gasteiger partial charge in [0.1, 0.15) is 33.9 Å². The van der Waals surface area contributed by atoms with Crippen LogP contribution < -0.4 is 24.8 Å². The van der Waals surface area contributed by atoms with Crippen LogP contribution in [-0.2, 0) is 17.9 Å². The second-order valence-electron chi connectivity index (χ2n) is 10.1. The Hall–Kier alpha value is -5.10. The van der Waals surface area contributed by atoms with Crippen LogP contribution in [0.4, 0.5) is 9.80 Å². The van der Waals surface area contributed by atoms with Crippen LogP contribution in [0.3, 0.4) is 0 Å². The van der Waals surface area contributed by atoms with Crippen molar-refractivity contribution in [2.75, 3.05) is 33.2 Å². The number of carbonyl (C=O) groups is 3. The van der Waals surface area contributed by atoms with Gasteiger partial charge < -0.3 is 29.6 Å². The van der Waals surface area contributed by atoms with Crippen molar-refractivity contribution < 1.29 is 33.3 Å². The number of thiazole rings is 1. The number of hydrogen-bond donors (Lipinski definition) is 2. The number of methoxy groups -OCH3 is 3. The molecular formula is C33H34N4O7S. The van der Waals surface area contributed by atoms with E-state index in [1.54, 1.807) is 54.5 Å². The summed E-state index contributed by atoms with van der Waals surface area (Å²) < 4.78 is 21.7. The van der Waals surface area contributed by atoms with Gasteiger partial charge in [0.15, 0.2) is 5.69 Å². The molecule has 0 aliphatic carbocycles. The molecule has 11 nitrogen and oxygen atoms in total. The number of likely N-dealkylation sites (tertiary alicyclic amines) is 1. The number of ether oxygens (including phenoxy) is 4. The van der Waals surface area contributed by atoms with Crippen LogP contribution in [0.25, 0.3) is 0 Å². The van der Waals surface area contributed by atoms with Crippen molar-refractivity contribution in [3.8, 4) is 17.2 Å². The Kier molecular flexibility index (Phi) is 10.2. The maximum atomic E-state index is 13.6. The molecule has 0 spiro atoms. The number of carbonyl (C=O) groups excluding carboxylic acids is 3. The van der Waals surface area contributed by atoms with E-state index in [2.05, 4.69) is 15.6 Å². The number of anilines is 1. The zero-order valence-corrected chi connectivity index (χ0v) is 26.0. The Morgan fingerprint density at radius 2 is 1.67 bits per heavy atom. The van der Waals surface area contributed by atoms with Gasteiger partial charge in [-0.2, -0.15) is 0 Å². The van der Waals surface area contributed by atoms with E-state index < -0.39 is 23.9 Å². The van der Waals surface area contributed by atoms with E-state index in [-0.39, 0.29) is 23.8 Å². The van der Waals surface area contributed by atoms with Gasteiger partial charge >= 0.3 is 6.09 Å². The van der Waals surface area contributed by atoms with Crippen molar-refractivity contribution in [3.05, 3.63) is 100 Å². The summed E-state index contributed by atoms with van der Waals surface area (Å²) in [6, 6.07) is 21.1. The lowest BCUT2D eigenvalue weighted by Gasteiger charge is -2.22. The quantitative estimate of drug-likeness (QED) is 0.212. The second kappa shape index (κ2) is 14.6. The topological polar surface area (TPSA) is 128 Å². The van der Waals surface area contributed by atoms with Gasteiger partial charge in [-0.05, 0) is 42.7 Å². The molecule has 3 aromatic carbocycles. The molecule has 0 saturated carbocycles. The Labute approximate surface area is 265 Å². The van der Waals surface area contributed by atoms with Crippen molar-refractivity contribution in [2.24, 2.45) is 0 Å². The molecular weight excluding hydrogens is 596 g/mol. The lowest BCUT2D eigenvalue weighted by molar-refractivity contribution is 0.0919. The molecule has 1 saturated heterocycles. The van der Waals surface area contributed by atoms with Crippen LogP contribution in [0.1, 0.15) is 55.9 Å². The largest absolute Gasteiger partial charge is 0.497 e. The van der Waals surface area contributed by atoms with Gasteiger partial charge in [0, 0.05) is 24.7 Å². The molecule has 2 heterocycles. The van der Waals surface area contributed by atoms with E-state index in [1.807, 2.05) is 30.3 Å².